The van der Waals surface area contributed by atoms with E-state index in [1.54, 1.807) is 0 Å². The van der Waals surface area contributed by atoms with Crippen molar-refractivity contribution in [2.24, 2.45) is 5.92 Å². The van der Waals surface area contributed by atoms with Crippen molar-refractivity contribution in [1.29, 1.82) is 0 Å². The van der Waals surface area contributed by atoms with Gasteiger partial charge in [-0.3, -0.25) is 4.79 Å². The molecule has 0 aliphatic carbocycles. The molecule has 1 aromatic carbocycles. The lowest BCUT2D eigenvalue weighted by Crippen LogP contribution is -2.61. The number of esters is 1. The van der Waals surface area contributed by atoms with Gasteiger partial charge in [-0.1, -0.05) is 34.7 Å². The molecule has 1 fully saturated rings. The van der Waals surface area contributed by atoms with E-state index < -0.39 is 40.3 Å². The number of carbonyl (C=O) groups is 1. The van der Waals surface area contributed by atoms with Gasteiger partial charge in [0.1, 0.15) is 5.75 Å². The molecule has 0 N–H and O–H groups in total. The zero-order valence-corrected chi connectivity index (χ0v) is 18.4. The summed E-state index contributed by atoms with van der Waals surface area (Å²) in [6, 6.07) is 5.36. The van der Waals surface area contributed by atoms with E-state index in [0.29, 0.717) is 31.6 Å². The van der Waals surface area contributed by atoms with Gasteiger partial charge in [0.05, 0.1) is 5.92 Å². The largest absolute Gasteiger partial charge is 0.460 e. The van der Waals surface area contributed by atoms with Crippen molar-refractivity contribution in [3.05, 3.63) is 29.8 Å². The van der Waals surface area contributed by atoms with Crippen LogP contribution in [0.15, 0.2) is 24.3 Å². The number of rotatable bonds is 8. The maximum Gasteiger partial charge on any atom is 0.460 e. The predicted molar refractivity (Wildman–Crippen MR) is 103 cm³/mol. The van der Waals surface area contributed by atoms with E-state index in [-0.39, 0.29) is 18.1 Å². The molecule has 1 unspecified atom stereocenters. The van der Waals surface area contributed by atoms with Crippen molar-refractivity contribution in [3.8, 4) is 5.75 Å². The van der Waals surface area contributed by atoms with Crippen molar-refractivity contribution < 1.29 is 53.8 Å². The summed E-state index contributed by atoms with van der Waals surface area (Å²) in [5.41, 5.74) is 0.303. The molecule has 0 aromatic heterocycles. The molecule has 13 heteroatoms. The van der Waals surface area contributed by atoms with Crippen LogP contribution in [0.2, 0.25) is 0 Å². The van der Waals surface area contributed by atoms with Gasteiger partial charge in [-0.25, -0.2) is 0 Å². The summed E-state index contributed by atoms with van der Waals surface area (Å²) in [4.78, 5) is 12.1. The van der Waals surface area contributed by atoms with Gasteiger partial charge in [-0.05, 0) is 37.0 Å². The molecule has 0 bridgehead atoms. The topological polar surface area (TPSA) is 35.5 Å². The van der Waals surface area contributed by atoms with Crippen LogP contribution in [0.3, 0.4) is 0 Å². The molecule has 1 atom stereocenters. The van der Waals surface area contributed by atoms with Gasteiger partial charge in [-0.2, -0.15) is 39.5 Å². The lowest BCUT2D eigenvalue weighted by Gasteiger charge is -2.34. The minimum atomic E-state index is -6.89. The monoisotopic (exact) mass is 592 g/mol. The number of halogens is 10. The average molecular weight is 592 g/mol. The fourth-order valence-corrected chi connectivity index (χ4v) is 4.03. The molecular weight excluding hydrogens is 574 g/mol. The molecule has 0 spiro atoms. The molecule has 0 amide bonds. The van der Waals surface area contributed by atoms with Crippen LogP contribution in [0, 0.1) is 5.92 Å². The minimum Gasteiger partial charge on any atom is -0.426 e. The van der Waals surface area contributed by atoms with Gasteiger partial charge >= 0.3 is 29.9 Å². The SMILES string of the molecule is O=C(Oc1ccc(CC(I)CC(F)(F)C(F)(F)C(F)(F)C(F)(F)F)cc1)C1CCOCC1. The number of alkyl halides is 10. The summed E-state index contributed by atoms with van der Waals surface area (Å²) in [6.07, 6.45) is -8.07. The van der Waals surface area contributed by atoms with Gasteiger partial charge in [0, 0.05) is 23.6 Å². The quantitative estimate of drug-likeness (QED) is 0.118. The minimum absolute atomic E-state index is 0.150. The Morgan fingerprint density at radius 2 is 1.50 bits per heavy atom. The summed E-state index contributed by atoms with van der Waals surface area (Å²) < 4.78 is 126. The highest BCUT2D eigenvalue weighted by atomic mass is 127. The molecular formula is C19H18F9IO3. The first-order valence-corrected chi connectivity index (χ1v) is 10.6. The van der Waals surface area contributed by atoms with Crippen molar-refractivity contribution in [2.45, 2.75) is 53.6 Å². The van der Waals surface area contributed by atoms with Crippen molar-refractivity contribution >= 4 is 28.6 Å². The fourth-order valence-electron chi connectivity index (χ4n) is 2.97. The molecule has 32 heavy (non-hydrogen) atoms. The third kappa shape index (κ3) is 6.00. The first-order chi connectivity index (χ1) is 14.6. The zero-order valence-electron chi connectivity index (χ0n) is 16.2. The fraction of sp³-hybridized carbons (Fsp3) is 0.632. The Morgan fingerprint density at radius 1 is 0.969 bits per heavy atom. The van der Waals surface area contributed by atoms with E-state index in [1.807, 2.05) is 0 Å². The standard InChI is InChI=1S/C19H18F9IO3/c20-16(21,17(22,23)18(24,25)19(26,27)28)10-13(29)9-11-1-3-14(4-2-11)32-15(30)12-5-7-31-8-6-12/h1-4,12-13H,5-10H2. The summed E-state index contributed by atoms with van der Waals surface area (Å²) in [5.74, 6) is -19.8. The number of hydrogen-bond donors (Lipinski definition) is 0. The number of hydrogen-bond acceptors (Lipinski definition) is 3. The van der Waals surface area contributed by atoms with Crippen LogP contribution in [-0.4, -0.2) is 47.1 Å². The van der Waals surface area contributed by atoms with Crippen molar-refractivity contribution in [3.63, 3.8) is 0 Å². The molecule has 1 saturated heterocycles. The van der Waals surface area contributed by atoms with E-state index >= 15 is 0 Å². The number of benzene rings is 1. The molecule has 1 aliphatic rings. The second-order valence-electron chi connectivity index (χ2n) is 7.31. The van der Waals surface area contributed by atoms with Crippen molar-refractivity contribution in [1.82, 2.24) is 0 Å². The van der Waals surface area contributed by atoms with Crippen LogP contribution in [0.4, 0.5) is 39.5 Å². The van der Waals surface area contributed by atoms with Gasteiger partial charge in [0.15, 0.2) is 0 Å². The molecule has 0 saturated carbocycles. The number of carbonyl (C=O) groups excluding carboxylic acids is 1. The van der Waals surface area contributed by atoms with Crippen LogP contribution in [0.1, 0.15) is 24.8 Å². The summed E-state index contributed by atoms with van der Waals surface area (Å²) in [7, 11) is 0. The Bertz CT molecular complexity index is 775. The molecule has 1 heterocycles. The van der Waals surface area contributed by atoms with E-state index in [1.165, 1.54) is 46.9 Å². The van der Waals surface area contributed by atoms with E-state index in [2.05, 4.69) is 0 Å². The molecule has 1 aromatic rings. The normalized spacial score (nSPS) is 17.8. The third-order valence-corrected chi connectivity index (χ3v) is 5.72. The Morgan fingerprint density at radius 3 is 2.00 bits per heavy atom. The van der Waals surface area contributed by atoms with Gasteiger partial charge < -0.3 is 9.47 Å². The van der Waals surface area contributed by atoms with E-state index in [4.69, 9.17) is 9.47 Å². The Labute approximate surface area is 190 Å². The maximum absolute atomic E-state index is 13.8. The Hall–Kier alpha value is -1.25. The smallest absolute Gasteiger partial charge is 0.426 e. The van der Waals surface area contributed by atoms with Crippen LogP contribution >= 0.6 is 22.6 Å². The molecule has 0 radical (unpaired) electrons. The van der Waals surface area contributed by atoms with Crippen LogP contribution in [-0.2, 0) is 16.0 Å². The summed E-state index contributed by atoms with van der Waals surface area (Å²) in [5, 5.41) is 0. The average Bonchev–Trinajstić information content (AvgIpc) is 2.68. The number of ether oxygens (including phenoxy) is 2. The molecule has 2 rings (SSSR count). The lowest BCUT2D eigenvalue weighted by molar-refractivity contribution is -0.396. The highest BCUT2D eigenvalue weighted by Crippen LogP contribution is 2.54. The second-order valence-corrected chi connectivity index (χ2v) is 9.07. The van der Waals surface area contributed by atoms with E-state index in [0.717, 1.165) is 0 Å². The predicted octanol–water partition coefficient (Wildman–Crippen LogP) is 6.22. The highest BCUT2D eigenvalue weighted by molar-refractivity contribution is 14.1. The molecule has 3 nitrogen and oxygen atoms in total. The second kappa shape index (κ2) is 9.94. The van der Waals surface area contributed by atoms with Crippen LogP contribution < -0.4 is 4.74 Å². The van der Waals surface area contributed by atoms with Crippen LogP contribution in [0.25, 0.3) is 0 Å². The zero-order chi connectivity index (χ0) is 24.4. The van der Waals surface area contributed by atoms with Gasteiger partial charge in [0.2, 0.25) is 0 Å². The maximum atomic E-state index is 13.8. The third-order valence-electron chi connectivity index (χ3n) is 4.84. The summed E-state index contributed by atoms with van der Waals surface area (Å²) >= 11 is 1.28. The van der Waals surface area contributed by atoms with Gasteiger partial charge in [-0.15, -0.1) is 0 Å². The Balaban J connectivity index is 1.98. The molecule has 1 aliphatic heterocycles. The van der Waals surface area contributed by atoms with Crippen LogP contribution in [0.5, 0.6) is 5.75 Å². The van der Waals surface area contributed by atoms with Crippen molar-refractivity contribution in [2.75, 3.05) is 13.2 Å². The highest BCUT2D eigenvalue weighted by Gasteiger charge is 2.81. The molecule has 182 valence electrons. The first kappa shape index (κ1) is 27.0. The van der Waals surface area contributed by atoms with E-state index in [9.17, 15) is 44.3 Å². The van der Waals surface area contributed by atoms with Gasteiger partial charge in [0.25, 0.3) is 0 Å². The Kier molecular flexibility index (Phi) is 8.38. The summed E-state index contributed by atoms with van der Waals surface area (Å²) in [6.45, 7) is 0.850. The first-order valence-electron chi connectivity index (χ1n) is 9.31. The lowest BCUT2D eigenvalue weighted by atomic mass is 9.97.